The van der Waals surface area contributed by atoms with E-state index in [-0.39, 0.29) is 18.2 Å². The van der Waals surface area contributed by atoms with Crippen molar-refractivity contribution in [3.8, 4) is 22.4 Å². The third-order valence-corrected chi connectivity index (χ3v) is 7.99. The van der Waals surface area contributed by atoms with Gasteiger partial charge in [-0.2, -0.15) is 5.10 Å². The third-order valence-electron chi connectivity index (χ3n) is 7.99. The van der Waals surface area contributed by atoms with Crippen LogP contribution in [0.15, 0.2) is 72.3 Å². The third kappa shape index (κ3) is 4.39. The van der Waals surface area contributed by atoms with Gasteiger partial charge in [-0.15, -0.1) is 0 Å². The van der Waals surface area contributed by atoms with E-state index in [4.69, 9.17) is 5.10 Å². The van der Waals surface area contributed by atoms with Crippen LogP contribution in [0.3, 0.4) is 0 Å². The molecule has 0 bridgehead atoms. The van der Waals surface area contributed by atoms with E-state index in [0.29, 0.717) is 30.7 Å². The molecule has 4 heterocycles. The first-order valence-electron chi connectivity index (χ1n) is 13.4. The van der Waals surface area contributed by atoms with Gasteiger partial charge in [-0.1, -0.05) is 41.0 Å². The van der Waals surface area contributed by atoms with Crippen LogP contribution in [0.5, 0.6) is 0 Å². The van der Waals surface area contributed by atoms with E-state index < -0.39 is 11.9 Å². The summed E-state index contributed by atoms with van der Waals surface area (Å²) in [5.41, 5.74) is 8.75. The van der Waals surface area contributed by atoms with Crippen LogP contribution >= 0.6 is 0 Å². The zero-order chi connectivity index (χ0) is 28.1. The number of aromatic nitrogens is 3. The minimum atomic E-state index is -0.649. The first-order chi connectivity index (χ1) is 20.0. The monoisotopic (exact) mass is 543 g/mol. The Bertz CT molecular complexity index is 1770. The fourth-order valence-corrected chi connectivity index (χ4v) is 5.96. The van der Waals surface area contributed by atoms with Crippen LogP contribution < -0.4 is 10.8 Å². The van der Waals surface area contributed by atoms with Crippen molar-refractivity contribution in [2.24, 2.45) is 5.16 Å². The normalized spacial score (nSPS) is 18.9. The molecule has 2 aromatic heterocycles. The van der Waals surface area contributed by atoms with Crippen molar-refractivity contribution in [2.75, 3.05) is 0 Å². The van der Waals surface area contributed by atoms with Crippen molar-refractivity contribution in [1.82, 2.24) is 24.9 Å². The van der Waals surface area contributed by atoms with Gasteiger partial charge in [0.1, 0.15) is 6.04 Å². The van der Waals surface area contributed by atoms with Gasteiger partial charge in [-0.3, -0.25) is 24.7 Å². The number of piperidine rings is 1. The topological polar surface area (TPSA) is 130 Å². The van der Waals surface area contributed by atoms with Gasteiger partial charge < -0.3 is 14.7 Å². The van der Waals surface area contributed by atoms with Crippen LogP contribution in [-0.4, -0.2) is 61.7 Å². The summed E-state index contributed by atoms with van der Waals surface area (Å²) in [6.07, 6.45) is 7.52. The minimum Gasteiger partial charge on any atom is -0.411 e. The molecule has 11 heteroatoms. The lowest BCUT2D eigenvalue weighted by atomic mass is 9.81. The van der Waals surface area contributed by atoms with Crippen LogP contribution in [0.2, 0.25) is 0 Å². The molecule has 7 rings (SSSR count). The summed E-state index contributed by atoms with van der Waals surface area (Å²) in [4.78, 5) is 42.7. The highest BCUT2D eigenvalue weighted by Gasteiger charge is 2.39. The van der Waals surface area contributed by atoms with Gasteiger partial charge in [-0.05, 0) is 54.2 Å². The second-order valence-electron chi connectivity index (χ2n) is 10.5. The van der Waals surface area contributed by atoms with E-state index in [1.165, 1.54) is 0 Å². The maximum Gasteiger partial charge on any atom is 0.316 e. The van der Waals surface area contributed by atoms with E-state index in [1.807, 2.05) is 50.0 Å². The summed E-state index contributed by atoms with van der Waals surface area (Å²) in [7, 11) is 1.90. The number of nitrogens with one attached hydrogen (secondary N) is 1. The highest BCUT2D eigenvalue weighted by molar-refractivity contribution is 6.51. The number of oxime groups is 1. The molecule has 2 N–H and O–H groups in total. The smallest absolute Gasteiger partial charge is 0.316 e. The number of amides is 3. The number of rotatable bonds is 5. The Balaban J connectivity index is 1.19. The van der Waals surface area contributed by atoms with Crippen molar-refractivity contribution in [1.29, 1.82) is 0 Å². The lowest BCUT2D eigenvalue weighted by Gasteiger charge is -2.29. The second kappa shape index (κ2) is 9.85. The van der Waals surface area contributed by atoms with Crippen molar-refractivity contribution in [2.45, 2.75) is 38.3 Å². The Kier molecular flexibility index (Phi) is 5.99. The van der Waals surface area contributed by atoms with Crippen LogP contribution in [0.4, 0.5) is 0 Å². The maximum absolute atomic E-state index is 13.1. The molecule has 3 aliphatic rings. The molecule has 2 aliphatic heterocycles. The quantitative estimate of drug-likeness (QED) is 0.172. The first-order valence-corrected chi connectivity index (χ1v) is 13.4. The molecule has 3 amide bonds. The number of hydrogen-bond acceptors (Lipinski definition) is 7. The average molecular weight is 543 g/mol. The second-order valence-corrected chi connectivity index (χ2v) is 10.5. The SMILES string of the molecule is O=C1CCC(N2Cc3cc([B]n4cc(-c5ccc6c(c5)CC/C6=N\O)c(-c5ccncc5)n4)ccc3C2=O)C(=O)N1. The van der Waals surface area contributed by atoms with Crippen molar-refractivity contribution >= 4 is 36.3 Å². The molecule has 2 aromatic carbocycles. The van der Waals surface area contributed by atoms with E-state index in [1.54, 1.807) is 28.0 Å². The Morgan fingerprint density at radius 3 is 2.54 bits per heavy atom. The summed E-state index contributed by atoms with van der Waals surface area (Å²) in [5, 5.41) is 20.0. The van der Waals surface area contributed by atoms with Crippen LogP contribution in [0.1, 0.15) is 46.3 Å². The molecule has 1 unspecified atom stereocenters. The Hall–Kier alpha value is -5.06. The highest BCUT2D eigenvalue weighted by Crippen LogP contribution is 2.34. The van der Waals surface area contributed by atoms with Crippen LogP contribution in [0, 0.1) is 0 Å². The molecule has 4 aromatic rings. The lowest BCUT2D eigenvalue weighted by molar-refractivity contribution is -0.136. The molecule has 1 radical (unpaired) electrons. The van der Waals surface area contributed by atoms with Gasteiger partial charge in [0.15, 0.2) is 0 Å². The summed E-state index contributed by atoms with van der Waals surface area (Å²) in [5.74, 6) is -0.928. The molecule has 41 heavy (non-hydrogen) atoms. The van der Waals surface area contributed by atoms with E-state index >= 15 is 0 Å². The number of aryl methyl sites for hydroxylation is 1. The Morgan fingerprint density at radius 2 is 1.73 bits per heavy atom. The van der Waals surface area contributed by atoms with Gasteiger partial charge in [-0.25, -0.2) is 0 Å². The number of imide groups is 1. The van der Waals surface area contributed by atoms with Gasteiger partial charge in [0.05, 0.1) is 11.4 Å². The van der Waals surface area contributed by atoms with Gasteiger partial charge >= 0.3 is 7.41 Å². The number of carbonyl (C=O) groups is 3. The molecule has 201 valence electrons. The van der Waals surface area contributed by atoms with Crippen molar-refractivity contribution < 1.29 is 19.6 Å². The lowest BCUT2D eigenvalue weighted by Crippen LogP contribution is -2.52. The van der Waals surface area contributed by atoms with Gasteiger partial charge in [0.2, 0.25) is 11.8 Å². The summed E-state index contributed by atoms with van der Waals surface area (Å²) in [6.45, 7) is 0.309. The molecule has 0 spiro atoms. The van der Waals surface area contributed by atoms with Crippen LogP contribution in [-0.2, 0) is 22.6 Å². The molecular weight excluding hydrogens is 519 g/mol. The molecule has 0 saturated carbocycles. The van der Waals surface area contributed by atoms with Gasteiger partial charge in [0, 0.05) is 53.8 Å². The Morgan fingerprint density at radius 1 is 0.902 bits per heavy atom. The fourth-order valence-electron chi connectivity index (χ4n) is 5.96. The van der Waals surface area contributed by atoms with E-state index in [9.17, 15) is 19.6 Å². The Labute approximate surface area is 236 Å². The zero-order valence-corrected chi connectivity index (χ0v) is 21.9. The predicted octanol–water partition coefficient (Wildman–Crippen LogP) is 2.29. The first kappa shape index (κ1) is 24.9. The number of nitrogens with zero attached hydrogens (tertiary/aromatic N) is 5. The maximum atomic E-state index is 13.1. The number of benzene rings is 2. The van der Waals surface area contributed by atoms with Crippen molar-refractivity contribution in [3.05, 3.63) is 89.4 Å². The molecule has 1 aliphatic carbocycles. The summed E-state index contributed by atoms with van der Waals surface area (Å²) < 4.78 is 1.77. The molecule has 1 fully saturated rings. The van der Waals surface area contributed by atoms with E-state index in [0.717, 1.165) is 51.0 Å². The van der Waals surface area contributed by atoms with Gasteiger partial charge in [0.25, 0.3) is 5.91 Å². The predicted molar refractivity (Wildman–Crippen MR) is 151 cm³/mol. The number of fused-ring (bicyclic) bond motifs is 2. The fraction of sp³-hybridized carbons (Fsp3) is 0.200. The highest BCUT2D eigenvalue weighted by atomic mass is 16.4. The van der Waals surface area contributed by atoms with Crippen LogP contribution in [0.25, 0.3) is 22.4 Å². The zero-order valence-electron chi connectivity index (χ0n) is 21.9. The molecule has 10 nitrogen and oxygen atoms in total. The summed E-state index contributed by atoms with van der Waals surface area (Å²) in [6, 6.07) is 14.9. The standard InChI is InChI=1S/C30H24BN6O4/c38-27-8-7-26(29(39)33-27)36-15-20-14-21(3-5-23(20)30(36)40)31-37-16-24(28(34-37)17-9-11-32-12-10-17)19-1-4-22-18(13-19)2-6-25(22)35-41/h1,3-5,9-14,16,26,41H,2,6-8,15H2,(H,33,38,39)/b35-25+. The molecular formula is C30H24BN6O4. The number of pyridine rings is 1. The molecule has 1 atom stereocenters. The minimum absolute atomic E-state index is 0.201. The average Bonchev–Trinajstić information content (AvgIpc) is 3.68. The van der Waals surface area contributed by atoms with E-state index in [2.05, 4.69) is 21.5 Å². The largest absolute Gasteiger partial charge is 0.411 e. The van der Waals surface area contributed by atoms with Crippen molar-refractivity contribution in [3.63, 3.8) is 0 Å². The number of hydrogen-bond donors (Lipinski definition) is 2. The number of carbonyl (C=O) groups excluding carboxylic acids is 3. The molecule has 1 saturated heterocycles. The summed E-state index contributed by atoms with van der Waals surface area (Å²) >= 11 is 0.